The number of rotatable bonds is 4. The molecule has 0 N–H and O–H groups in total. The lowest BCUT2D eigenvalue weighted by Gasteiger charge is -2.15. The van der Waals surface area contributed by atoms with Crippen LogP contribution in [0.2, 0.25) is 0 Å². The molecule has 0 saturated carbocycles. The Labute approximate surface area is 162 Å². The highest BCUT2D eigenvalue weighted by Gasteiger charge is 2.34. The van der Waals surface area contributed by atoms with Gasteiger partial charge in [-0.25, -0.2) is 0 Å². The molecule has 0 radical (unpaired) electrons. The molecule has 0 fully saturated rings. The van der Waals surface area contributed by atoms with Gasteiger partial charge in [-0.1, -0.05) is 24.3 Å². The fraction of sp³-hybridized carbons (Fsp3) is 0.190. The van der Waals surface area contributed by atoms with E-state index in [9.17, 15) is 26.3 Å². The molecule has 0 aliphatic carbocycles. The fourth-order valence-corrected chi connectivity index (χ4v) is 2.72. The molecule has 1 heterocycles. The van der Waals surface area contributed by atoms with Gasteiger partial charge in [0, 0.05) is 17.3 Å². The predicted molar refractivity (Wildman–Crippen MR) is 95.2 cm³/mol. The van der Waals surface area contributed by atoms with E-state index < -0.39 is 23.5 Å². The Bertz CT molecular complexity index is 993. The van der Waals surface area contributed by atoms with Crippen molar-refractivity contribution in [2.45, 2.75) is 25.9 Å². The maximum atomic E-state index is 13.5. The first kappa shape index (κ1) is 20.7. The molecule has 3 rings (SSSR count). The number of alkyl halides is 6. The molecular formula is C21H15F6NO. The maximum absolute atomic E-state index is 13.5. The summed E-state index contributed by atoms with van der Waals surface area (Å²) < 4.78 is 84.0. The largest absolute Gasteiger partial charge is 0.489 e. The summed E-state index contributed by atoms with van der Waals surface area (Å²) >= 11 is 0. The number of halogens is 6. The van der Waals surface area contributed by atoms with Crippen LogP contribution in [-0.4, -0.2) is 4.98 Å². The molecule has 29 heavy (non-hydrogen) atoms. The molecule has 2 aromatic carbocycles. The van der Waals surface area contributed by atoms with E-state index in [0.717, 1.165) is 42.1 Å². The van der Waals surface area contributed by atoms with Crippen LogP contribution in [0.5, 0.6) is 5.75 Å². The Hall–Kier alpha value is -3.03. The third-order valence-electron chi connectivity index (χ3n) is 4.18. The average molecular weight is 411 g/mol. The van der Waals surface area contributed by atoms with E-state index in [1.165, 1.54) is 0 Å². The van der Waals surface area contributed by atoms with Crippen molar-refractivity contribution in [3.63, 3.8) is 0 Å². The number of nitrogens with zero attached hydrogens (tertiary/aromatic N) is 1. The quantitative estimate of drug-likeness (QED) is 0.447. The standard InChI is InChI=1S/C21H15F6NO/c1-13-3-2-4-17(9-13)29-12-15-11-28-19(10-18(15)21(25,26)27)14-5-7-16(8-6-14)20(22,23)24/h2-11H,12H2,1H3. The van der Waals surface area contributed by atoms with Crippen LogP contribution in [-0.2, 0) is 19.0 Å². The first-order chi connectivity index (χ1) is 13.5. The van der Waals surface area contributed by atoms with E-state index in [1.807, 2.05) is 13.0 Å². The van der Waals surface area contributed by atoms with Gasteiger partial charge in [0.25, 0.3) is 0 Å². The molecule has 0 spiro atoms. The van der Waals surface area contributed by atoms with Crippen molar-refractivity contribution in [2.75, 3.05) is 0 Å². The van der Waals surface area contributed by atoms with Crippen molar-refractivity contribution in [1.29, 1.82) is 0 Å². The van der Waals surface area contributed by atoms with Crippen molar-refractivity contribution in [3.8, 4) is 17.0 Å². The number of ether oxygens (including phenoxy) is 1. The number of hydrogen-bond donors (Lipinski definition) is 0. The minimum absolute atomic E-state index is 0.0784. The minimum atomic E-state index is -4.67. The van der Waals surface area contributed by atoms with Gasteiger partial charge in [-0.15, -0.1) is 0 Å². The molecule has 0 saturated heterocycles. The zero-order valence-corrected chi connectivity index (χ0v) is 15.1. The zero-order chi connectivity index (χ0) is 21.2. The van der Waals surface area contributed by atoms with Crippen molar-refractivity contribution >= 4 is 0 Å². The van der Waals surface area contributed by atoms with Gasteiger partial charge in [-0.05, 0) is 42.8 Å². The van der Waals surface area contributed by atoms with Gasteiger partial charge in [-0.2, -0.15) is 26.3 Å². The lowest BCUT2D eigenvalue weighted by Crippen LogP contribution is -2.12. The lowest BCUT2D eigenvalue weighted by molar-refractivity contribution is -0.139. The van der Waals surface area contributed by atoms with E-state index in [1.54, 1.807) is 18.2 Å². The highest BCUT2D eigenvalue weighted by atomic mass is 19.4. The van der Waals surface area contributed by atoms with Gasteiger partial charge in [0.05, 0.1) is 16.8 Å². The molecule has 0 aliphatic rings. The van der Waals surface area contributed by atoms with Gasteiger partial charge in [0.1, 0.15) is 12.4 Å². The summed E-state index contributed by atoms with van der Waals surface area (Å²) in [5.41, 5.74) is -1.04. The lowest BCUT2D eigenvalue weighted by atomic mass is 10.0. The van der Waals surface area contributed by atoms with E-state index in [4.69, 9.17) is 4.74 Å². The number of pyridine rings is 1. The van der Waals surface area contributed by atoms with Crippen LogP contribution in [0.1, 0.15) is 22.3 Å². The normalized spacial score (nSPS) is 12.1. The molecule has 8 heteroatoms. The fourth-order valence-electron chi connectivity index (χ4n) is 2.72. The molecule has 0 atom stereocenters. The second-order valence-corrected chi connectivity index (χ2v) is 6.40. The molecular weight excluding hydrogens is 396 g/mol. The van der Waals surface area contributed by atoms with Crippen LogP contribution < -0.4 is 4.74 Å². The second-order valence-electron chi connectivity index (χ2n) is 6.40. The van der Waals surface area contributed by atoms with Gasteiger partial charge >= 0.3 is 12.4 Å². The van der Waals surface area contributed by atoms with Gasteiger partial charge in [0.2, 0.25) is 0 Å². The van der Waals surface area contributed by atoms with Crippen molar-refractivity contribution in [3.05, 3.63) is 83.0 Å². The number of benzene rings is 2. The third kappa shape index (κ3) is 5.07. The van der Waals surface area contributed by atoms with Crippen molar-refractivity contribution in [2.24, 2.45) is 0 Å². The van der Waals surface area contributed by atoms with Gasteiger partial charge in [-0.3, -0.25) is 4.98 Å². The molecule has 0 amide bonds. The smallest absolute Gasteiger partial charge is 0.416 e. The van der Waals surface area contributed by atoms with E-state index >= 15 is 0 Å². The Morgan fingerprint density at radius 2 is 1.55 bits per heavy atom. The highest BCUT2D eigenvalue weighted by Crippen LogP contribution is 2.35. The average Bonchev–Trinajstić information content (AvgIpc) is 2.65. The molecule has 0 aliphatic heterocycles. The first-order valence-corrected chi connectivity index (χ1v) is 8.47. The molecule has 2 nitrogen and oxygen atoms in total. The summed E-state index contributed by atoms with van der Waals surface area (Å²) in [5, 5.41) is 0. The number of hydrogen-bond acceptors (Lipinski definition) is 2. The Kier molecular flexibility index (Phi) is 5.55. The van der Waals surface area contributed by atoms with Crippen molar-refractivity contribution < 1.29 is 31.1 Å². The molecule has 3 aromatic rings. The minimum Gasteiger partial charge on any atom is -0.489 e. The number of aromatic nitrogens is 1. The summed E-state index contributed by atoms with van der Waals surface area (Å²) in [7, 11) is 0. The summed E-state index contributed by atoms with van der Waals surface area (Å²) in [6.45, 7) is 1.48. The molecule has 0 unspecified atom stereocenters. The summed E-state index contributed by atoms with van der Waals surface area (Å²) in [6.07, 6.45) is -8.17. The highest BCUT2D eigenvalue weighted by molar-refractivity contribution is 5.61. The van der Waals surface area contributed by atoms with E-state index in [2.05, 4.69) is 4.98 Å². The summed E-state index contributed by atoms with van der Waals surface area (Å²) in [6, 6.07) is 11.5. The van der Waals surface area contributed by atoms with Crippen LogP contribution in [0.3, 0.4) is 0 Å². The molecule has 152 valence electrons. The third-order valence-corrected chi connectivity index (χ3v) is 4.18. The SMILES string of the molecule is Cc1cccc(OCc2cnc(-c3ccc(C(F)(F)F)cc3)cc2C(F)(F)F)c1. The topological polar surface area (TPSA) is 22.1 Å². The number of aryl methyl sites for hydroxylation is 1. The molecule has 0 bridgehead atoms. The maximum Gasteiger partial charge on any atom is 0.416 e. The van der Waals surface area contributed by atoms with Crippen molar-refractivity contribution in [1.82, 2.24) is 4.98 Å². The molecule has 1 aromatic heterocycles. The van der Waals surface area contributed by atoms with E-state index in [-0.39, 0.29) is 23.4 Å². The first-order valence-electron chi connectivity index (χ1n) is 8.47. The summed E-state index contributed by atoms with van der Waals surface area (Å²) in [5.74, 6) is 0.421. The van der Waals surface area contributed by atoms with E-state index in [0.29, 0.717) is 5.75 Å². The van der Waals surface area contributed by atoms with Crippen LogP contribution >= 0.6 is 0 Å². The van der Waals surface area contributed by atoms with Crippen LogP contribution in [0.4, 0.5) is 26.3 Å². The van der Waals surface area contributed by atoms with Crippen LogP contribution in [0.25, 0.3) is 11.3 Å². The van der Waals surface area contributed by atoms with Crippen LogP contribution in [0.15, 0.2) is 60.8 Å². The Morgan fingerprint density at radius 3 is 2.14 bits per heavy atom. The second kappa shape index (κ2) is 7.77. The van der Waals surface area contributed by atoms with Gasteiger partial charge in [0.15, 0.2) is 0 Å². The Morgan fingerprint density at radius 1 is 0.862 bits per heavy atom. The zero-order valence-electron chi connectivity index (χ0n) is 15.1. The van der Waals surface area contributed by atoms with Crippen LogP contribution in [0, 0.1) is 6.92 Å². The summed E-state index contributed by atoms with van der Waals surface area (Å²) in [4.78, 5) is 3.98. The monoisotopic (exact) mass is 411 g/mol. The Balaban J connectivity index is 1.90. The van der Waals surface area contributed by atoms with Gasteiger partial charge < -0.3 is 4.74 Å². The predicted octanol–water partition coefficient (Wildman–Crippen LogP) is 6.67.